The summed E-state index contributed by atoms with van der Waals surface area (Å²) in [5, 5.41) is 5.67. The van der Waals surface area contributed by atoms with Gasteiger partial charge < -0.3 is 14.3 Å². The van der Waals surface area contributed by atoms with E-state index in [1.165, 1.54) is 9.99 Å². The Morgan fingerprint density at radius 2 is 1.80 bits per heavy atom. The molecule has 3 aromatic rings. The van der Waals surface area contributed by atoms with Crippen LogP contribution in [0.15, 0.2) is 50.5 Å². The number of piperazine rings is 1. The van der Waals surface area contributed by atoms with Gasteiger partial charge in [-0.2, -0.15) is 9.29 Å². The lowest BCUT2D eigenvalue weighted by Gasteiger charge is -2.39. The van der Waals surface area contributed by atoms with Crippen molar-refractivity contribution < 1.29 is 17.7 Å². The Morgan fingerprint density at radius 1 is 1.09 bits per heavy atom. The first kappa shape index (κ1) is 24.0. The summed E-state index contributed by atoms with van der Waals surface area (Å²) in [7, 11) is -3.63. The van der Waals surface area contributed by atoms with E-state index in [0.29, 0.717) is 62.7 Å². The van der Waals surface area contributed by atoms with Crippen molar-refractivity contribution in [2.24, 2.45) is 5.92 Å². The van der Waals surface area contributed by atoms with E-state index in [9.17, 15) is 13.2 Å². The summed E-state index contributed by atoms with van der Waals surface area (Å²) in [5.41, 5.74) is 1.82. The zero-order valence-electron chi connectivity index (χ0n) is 19.7. The summed E-state index contributed by atoms with van der Waals surface area (Å²) in [5.74, 6) is 0.937. The molecule has 0 atom stereocenters. The van der Waals surface area contributed by atoms with Gasteiger partial charge in [-0.05, 0) is 31.0 Å². The third-order valence-corrected chi connectivity index (χ3v) is 10.0. The quantitative estimate of drug-likeness (QED) is 0.497. The molecular formula is C24H29N5O4S2. The molecule has 2 aromatic heterocycles. The number of piperidine rings is 1. The summed E-state index contributed by atoms with van der Waals surface area (Å²) in [6.07, 6.45) is 1.71. The number of hydrogen-bond donors (Lipinski definition) is 0. The molecule has 1 aromatic carbocycles. The van der Waals surface area contributed by atoms with Crippen LogP contribution < -0.4 is 4.90 Å². The summed E-state index contributed by atoms with van der Waals surface area (Å²) in [6.45, 7) is 5.61. The SMILES string of the molecule is CCc1nc(-c2csc(S(=O)(=O)N3CCC(C(=O)N4CCN(c5ccccc5)CC4)CC3)c2)no1. The van der Waals surface area contributed by atoms with Crippen LogP contribution in [-0.4, -0.2) is 72.9 Å². The topological polar surface area (TPSA) is 99.8 Å². The molecule has 0 aliphatic carbocycles. The molecule has 2 aliphatic rings. The van der Waals surface area contributed by atoms with Gasteiger partial charge in [0.1, 0.15) is 4.21 Å². The first-order valence-corrected chi connectivity index (χ1v) is 14.3. The standard InChI is InChI=1S/C24H29N5O4S2/c1-2-21-25-23(26-33-21)19-16-22(34-17-19)35(31,32)29-10-8-18(9-11-29)24(30)28-14-12-27(13-15-28)20-6-4-3-5-7-20/h3-7,16-18H,2,8-15H2,1H3. The maximum atomic E-state index is 13.2. The number of sulfonamides is 1. The molecule has 0 bridgehead atoms. The van der Waals surface area contributed by atoms with E-state index >= 15 is 0 Å². The average molecular weight is 516 g/mol. The van der Waals surface area contributed by atoms with Crippen molar-refractivity contribution in [1.29, 1.82) is 0 Å². The van der Waals surface area contributed by atoms with E-state index in [0.717, 1.165) is 24.4 Å². The summed E-state index contributed by atoms with van der Waals surface area (Å²) >= 11 is 1.16. The zero-order valence-corrected chi connectivity index (χ0v) is 21.3. The molecule has 2 aliphatic heterocycles. The number of benzene rings is 1. The van der Waals surface area contributed by atoms with Crippen molar-refractivity contribution >= 4 is 33.0 Å². The number of rotatable bonds is 6. The Labute approximate surface area is 209 Å². The van der Waals surface area contributed by atoms with Crippen molar-refractivity contribution in [3.05, 3.63) is 47.7 Å². The van der Waals surface area contributed by atoms with Gasteiger partial charge in [0.25, 0.3) is 10.0 Å². The molecule has 35 heavy (non-hydrogen) atoms. The third kappa shape index (κ3) is 4.98. The molecule has 0 saturated carbocycles. The van der Waals surface area contributed by atoms with E-state index in [1.54, 1.807) is 11.4 Å². The lowest BCUT2D eigenvalue weighted by Crippen LogP contribution is -2.52. The molecule has 0 spiro atoms. The van der Waals surface area contributed by atoms with Gasteiger partial charge in [0.2, 0.25) is 17.6 Å². The van der Waals surface area contributed by atoms with E-state index in [2.05, 4.69) is 27.2 Å². The van der Waals surface area contributed by atoms with Crippen LogP contribution in [0.3, 0.4) is 0 Å². The Bertz CT molecular complexity index is 1260. The van der Waals surface area contributed by atoms with Gasteiger partial charge >= 0.3 is 0 Å². The summed E-state index contributed by atoms with van der Waals surface area (Å²) in [4.78, 5) is 21.6. The van der Waals surface area contributed by atoms with Gasteiger partial charge in [-0.15, -0.1) is 11.3 Å². The number of nitrogens with zero attached hydrogens (tertiary/aromatic N) is 5. The molecular weight excluding hydrogens is 486 g/mol. The largest absolute Gasteiger partial charge is 0.368 e. The molecule has 186 valence electrons. The predicted molar refractivity (Wildman–Crippen MR) is 134 cm³/mol. The molecule has 9 nitrogen and oxygen atoms in total. The molecule has 0 unspecified atom stereocenters. The van der Waals surface area contributed by atoms with Crippen LogP contribution in [-0.2, 0) is 21.2 Å². The molecule has 11 heteroatoms. The number of amides is 1. The van der Waals surface area contributed by atoms with Crippen LogP contribution in [0.25, 0.3) is 11.4 Å². The second-order valence-corrected chi connectivity index (χ2v) is 11.9. The molecule has 0 radical (unpaired) electrons. The minimum atomic E-state index is -3.63. The van der Waals surface area contributed by atoms with Crippen LogP contribution in [0, 0.1) is 5.92 Å². The maximum absolute atomic E-state index is 13.2. The Hall–Kier alpha value is -2.76. The number of anilines is 1. The van der Waals surface area contributed by atoms with Gasteiger partial charge in [-0.1, -0.05) is 30.3 Å². The van der Waals surface area contributed by atoms with Crippen LogP contribution in [0.4, 0.5) is 5.69 Å². The van der Waals surface area contributed by atoms with Gasteiger partial charge in [0.05, 0.1) is 0 Å². The van der Waals surface area contributed by atoms with Gasteiger partial charge in [-0.25, -0.2) is 8.42 Å². The van der Waals surface area contributed by atoms with Gasteiger partial charge in [0, 0.05) is 68.2 Å². The lowest BCUT2D eigenvalue weighted by molar-refractivity contribution is -0.137. The van der Waals surface area contributed by atoms with Crippen LogP contribution in [0.5, 0.6) is 0 Å². The van der Waals surface area contributed by atoms with Crippen LogP contribution in [0.1, 0.15) is 25.7 Å². The minimum absolute atomic E-state index is 0.129. The fourth-order valence-electron chi connectivity index (χ4n) is 4.64. The maximum Gasteiger partial charge on any atom is 0.252 e. The minimum Gasteiger partial charge on any atom is -0.368 e. The first-order chi connectivity index (χ1) is 17.0. The highest BCUT2D eigenvalue weighted by Gasteiger charge is 2.35. The Balaban J connectivity index is 1.16. The lowest BCUT2D eigenvalue weighted by atomic mass is 9.96. The number of aryl methyl sites for hydroxylation is 1. The van der Waals surface area contributed by atoms with E-state index < -0.39 is 10.0 Å². The molecule has 5 rings (SSSR count). The smallest absolute Gasteiger partial charge is 0.252 e. The molecule has 0 N–H and O–H groups in total. The Kier molecular flexibility index (Phi) is 6.90. The number of carbonyl (C=O) groups excluding carboxylic acids is 1. The molecule has 1 amide bonds. The monoisotopic (exact) mass is 515 g/mol. The van der Waals surface area contributed by atoms with Crippen molar-refractivity contribution in [3.63, 3.8) is 0 Å². The highest BCUT2D eigenvalue weighted by Crippen LogP contribution is 2.31. The number of thiophene rings is 1. The van der Waals surface area contributed by atoms with Crippen molar-refractivity contribution in [1.82, 2.24) is 19.3 Å². The summed E-state index contributed by atoms with van der Waals surface area (Å²) < 4.78 is 33.3. The predicted octanol–water partition coefficient (Wildman–Crippen LogP) is 3.11. The summed E-state index contributed by atoms with van der Waals surface area (Å²) in [6, 6.07) is 11.8. The molecule has 2 fully saturated rings. The highest BCUT2D eigenvalue weighted by molar-refractivity contribution is 7.91. The van der Waals surface area contributed by atoms with Crippen molar-refractivity contribution in [3.8, 4) is 11.4 Å². The number of aromatic nitrogens is 2. The van der Waals surface area contributed by atoms with Crippen LogP contribution >= 0.6 is 11.3 Å². The van der Waals surface area contributed by atoms with E-state index in [-0.39, 0.29) is 16.0 Å². The van der Waals surface area contributed by atoms with Crippen molar-refractivity contribution in [2.75, 3.05) is 44.2 Å². The van der Waals surface area contributed by atoms with Gasteiger partial charge in [0.15, 0.2) is 0 Å². The second-order valence-electron chi connectivity index (χ2n) is 8.85. The average Bonchev–Trinajstić information content (AvgIpc) is 3.59. The Morgan fingerprint density at radius 3 is 2.46 bits per heavy atom. The highest BCUT2D eigenvalue weighted by atomic mass is 32.2. The fraction of sp³-hybridized carbons (Fsp3) is 0.458. The fourth-order valence-corrected chi connectivity index (χ4v) is 7.42. The van der Waals surface area contributed by atoms with Crippen molar-refractivity contribution in [2.45, 2.75) is 30.4 Å². The van der Waals surface area contributed by atoms with E-state index in [1.807, 2.05) is 30.0 Å². The van der Waals surface area contributed by atoms with Gasteiger partial charge in [-0.3, -0.25) is 4.79 Å². The van der Waals surface area contributed by atoms with Crippen LogP contribution in [0.2, 0.25) is 0 Å². The molecule has 2 saturated heterocycles. The number of hydrogen-bond acceptors (Lipinski definition) is 8. The third-order valence-electron chi connectivity index (χ3n) is 6.71. The normalized spacial score (nSPS) is 18.2. The number of para-hydroxylation sites is 1. The zero-order chi connectivity index (χ0) is 24.4. The second kappa shape index (κ2) is 10.1. The van der Waals surface area contributed by atoms with E-state index in [4.69, 9.17) is 4.52 Å². The molecule has 4 heterocycles. The number of carbonyl (C=O) groups is 1. The first-order valence-electron chi connectivity index (χ1n) is 12.0.